The zero-order valence-corrected chi connectivity index (χ0v) is 15.2. The van der Waals surface area contributed by atoms with Gasteiger partial charge in [-0.1, -0.05) is 54.6 Å². The van der Waals surface area contributed by atoms with E-state index >= 15 is 0 Å². The topological polar surface area (TPSA) is 71.5 Å². The number of carbonyl (C=O) groups is 1. The van der Waals surface area contributed by atoms with Crippen LogP contribution in [0.1, 0.15) is 22.7 Å². The summed E-state index contributed by atoms with van der Waals surface area (Å²) in [5.41, 5.74) is 5.49. The Hall–Kier alpha value is -3.60. The number of nitrogens with one attached hydrogen (secondary N) is 1. The fourth-order valence-corrected chi connectivity index (χ4v) is 3.47. The molecule has 140 valence electrons. The van der Waals surface area contributed by atoms with Crippen LogP contribution in [0.3, 0.4) is 0 Å². The van der Waals surface area contributed by atoms with Crippen LogP contribution in [0, 0.1) is 0 Å². The molecule has 3 aromatic rings. The van der Waals surface area contributed by atoms with Gasteiger partial charge in [0.2, 0.25) is 0 Å². The van der Waals surface area contributed by atoms with Gasteiger partial charge in [-0.15, -0.1) is 0 Å². The molecule has 0 bridgehead atoms. The molecule has 1 aliphatic rings. The maximum Gasteiger partial charge on any atom is 0.407 e. The molecular formula is C23H20N2O3. The van der Waals surface area contributed by atoms with Crippen molar-refractivity contribution in [1.82, 2.24) is 10.3 Å². The van der Waals surface area contributed by atoms with E-state index < -0.39 is 6.09 Å². The zero-order chi connectivity index (χ0) is 19.3. The Bertz CT molecular complexity index is 967. The highest BCUT2D eigenvalue weighted by Gasteiger charge is 2.28. The minimum absolute atomic E-state index is 0.0508. The smallest absolute Gasteiger partial charge is 0.407 e. The summed E-state index contributed by atoms with van der Waals surface area (Å²) >= 11 is 0. The van der Waals surface area contributed by atoms with Crippen LogP contribution < -0.4 is 5.32 Å². The molecule has 0 saturated heterocycles. The summed E-state index contributed by atoms with van der Waals surface area (Å²) in [5, 5.41) is 11.9. The van der Waals surface area contributed by atoms with Crippen LogP contribution in [0.25, 0.3) is 17.2 Å². The number of nitrogens with zero attached hydrogens (tertiary/aromatic N) is 1. The summed E-state index contributed by atoms with van der Waals surface area (Å²) in [7, 11) is 0. The van der Waals surface area contributed by atoms with Gasteiger partial charge in [-0.2, -0.15) is 0 Å². The average Bonchev–Trinajstić information content (AvgIpc) is 3.05. The van der Waals surface area contributed by atoms with Gasteiger partial charge in [-0.05, 0) is 40.5 Å². The molecule has 0 saturated carbocycles. The van der Waals surface area contributed by atoms with Crippen LogP contribution in [0.5, 0.6) is 5.75 Å². The number of aromatic hydroxyl groups is 1. The fourth-order valence-electron chi connectivity index (χ4n) is 3.47. The summed E-state index contributed by atoms with van der Waals surface area (Å²) in [6.45, 7) is 0.627. The number of hydrogen-bond acceptors (Lipinski definition) is 4. The van der Waals surface area contributed by atoms with Gasteiger partial charge in [0.1, 0.15) is 12.4 Å². The number of aromatic nitrogens is 1. The van der Waals surface area contributed by atoms with Crippen molar-refractivity contribution in [3.63, 3.8) is 0 Å². The van der Waals surface area contributed by atoms with Crippen LogP contribution >= 0.6 is 0 Å². The molecule has 0 atom stereocenters. The molecule has 2 N–H and O–H groups in total. The second kappa shape index (κ2) is 7.96. The Kier molecular flexibility index (Phi) is 5.06. The molecule has 5 nitrogen and oxygen atoms in total. The first kappa shape index (κ1) is 17.8. The number of amides is 1. The number of benzene rings is 2. The molecule has 5 heteroatoms. The van der Waals surface area contributed by atoms with Crippen LogP contribution in [0.15, 0.2) is 72.9 Å². The molecule has 0 unspecified atom stereocenters. The zero-order valence-electron chi connectivity index (χ0n) is 15.2. The van der Waals surface area contributed by atoms with E-state index in [0.29, 0.717) is 18.8 Å². The van der Waals surface area contributed by atoms with Crippen LogP contribution in [-0.4, -0.2) is 29.3 Å². The van der Waals surface area contributed by atoms with E-state index in [1.54, 1.807) is 24.3 Å². The molecule has 0 radical (unpaired) electrons. The highest BCUT2D eigenvalue weighted by Crippen LogP contribution is 2.44. The summed E-state index contributed by atoms with van der Waals surface area (Å²) in [5.74, 6) is 0.170. The number of carbonyl (C=O) groups excluding carboxylic acids is 1. The normalized spacial score (nSPS) is 12.6. The van der Waals surface area contributed by atoms with E-state index in [9.17, 15) is 9.90 Å². The summed E-state index contributed by atoms with van der Waals surface area (Å²) in [6.07, 6.45) is 4.47. The van der Waals surface area contributed by atoms with Crippen LogP contribution in [-0.2, 0) is 4.74 Å². The average molecular weight is 372 g/mol. The van der Waals surface area contributed by atoms with Crippen molar-refractivity contribution in [2.45, 2.75) is 5.92 Å². The van der Waals surface area contributed by atoms with E-state index in [1.807, 2.05) is 24.3 Å². The third-order valence-electron chi connectivity index (χ3n) is 4.77. The quantitative estimate of drug-likeness (QED) is 0.699. The van der Waals surface area contributed by atoms with Gasteiger partial charge < -0.3 is 15.2 Å². The van der Waals surface area contributed by atoms with Gasteiger partial charge in [0.25, 0.3) is 0 Å². The lowest BCUT2D eigenvalue weighted by molar-refractivity contribution is 0.144. The highest BCUT2D eigenvalue weighted by atomic mass is 16.5. The summed E-state index contributed by atoms with van der Waals surface area (Å²) in [4.78, 5) is 16.1. The second-order valence-corrected chi connectivity index (χ2v) is 6.55. The van der Waals surface area contributed by atoms with Crippen molar-refractivity contribution >= 4 is 12.2 Å². The minimum atomic E-state index is -0.454. The lowest BCUT2D eigenvalue weighted by Gasteiger charge is -2.14. The molecule has 2 aromatic carbocycles. The number of ether oxygens (including phenoxy) is 1. The van der Waals surface area contributed by atoms with E-state index in [1.165, 1.54) is 28.5 Å². The van der Waals surface area contributed by atoms with Crippen molar-refractivity contribution in [1.29, 1.82) is 0 Å². The molecule has 1 heterocycles. The largest absolute Gasteiger partial charge is 0.506 e. The first-order valence-electron chi connectivity index (χ1n) is 9.13. The van der Waals surface area contributed by atoms with Crippen LogP contribution in [0.2, 0.25) is 0 Å². The van der Waals surface area contributed by atoms with Crippen molar-refractivity contribution in [3.8, 4) is 16.9 Å². The van der Waals surface area contributed by atoms with Gasteiger partial charge in [0.15, 0.2) is 0 Å². The van der Waals surface area contributed by atoms with Crippen molar-refractivity contribution < 1.29 is 14.6 Å². The lowest BCUT2D eigenvalue weighted by atomic mass is 9.98. The molecule has 28 heavy (non-hydrogen) atoms. The number of hydrogen-bond donors (Lipinski definition) is 2. The molecule has 0 fully saturated rings. The second-order valence-electron chi connectivity index (χ2n) is 6.55. The molecule has 1 aliphatic carbocycles. The predicted octanol–water partition coefficient (Wildman–Crippen LogP) is 4.34. The molecular weight excluding hydrogens is 352 g/mol. The monoisotopic (exact) mass is 372 g/mol. The molecule has 0 spiro atoms. The number of alkyl carbamates (subject to hydrolysis) is 1. The number of pyridine rings is 1. The Morgan fingerprint density at radius 1 is 1.04 bits per heavy atom. The molecule has 1 amide bonds. The lowest BCUT2D eigenvalue weighted by Crippen LogP contribution is -2.26. The first-order valence-corrected chi connectivity index (χ1v) is 9.13. The predicted molar refractivity (Wildman–Crippen MR) is 108 cm³/mol. The maximum absolute atomic E-state index is 12.1. The van der Waals surface area contributed by atoms with Gasteiger partial charge in [0.05, 0.1) is 11.9 Å². The number of fused-ring (bicyclic) bond motifs is 3. The van der Waals surface area contributed by atoms with E-state index in [-0.39, 0.29) is 11.7 Å². The standard InChI is InChI=1S/C23H20N2O3/c26-17-12-11-16(25-14-17)6-5-13-24-23(27)28-15-22-20-9-3-1-7-18(20)19-8-2-4-10-21(19)22/h1-12,14,22,26H,13,15H2,(H,24,27). The summed E-state index contributed by atoms with van der Waals surface area (Å²) < 4.78 is 5.48. The van der Waals surface area contributed by atoms with Gasteiger partial charge >= 0.3 is 6.09 Å². The van der Waals surface area contributed by atoms with Crippen LogP contribution in [0.4, 0.5) is 4.79 Å². The van der Waals surface area contributed by atoms with E-state index in [2.05, 4.69) is 34.6 Å². The first-order chi connectivity index (χ1) is 13.7. The third-order valence-corrected chi connectivity index (χ3v) is 4.77. The van der Waals surface area contributed by atoms with E-state index in [0.717, 1.165) is 0 Å². The Morgan fingerprint density at radius 3 is 2.36 bits per heavy atom. The van der Waals surface area contributed by atoms with Crippen molar-refractivity contribution in [2.24, 2.45) is 0 Å². The SMILES string of the molecule is O=C(NCC=Cc1ccc(O)cn1)OCC1c2ccccc2-c2ccccc21. The number of rotatable bonds is 5. The van der Waals surface area contributed by atoms with Gasteiger partial charge in [0, 0.05) is 12.5 Å². The van der Waals surface area contributed by atoms with Gasteiger partial charge in [-0.3, -0.25) is 4.98 Å². The Morgan fingerprint density at radius 2 is 1.71 bits per heavy atom. The highest BCUT2D eigenvalue weighted by molar-refractivity contribution is 5.79. The summed E-state index contributed by atoms with van der Waals surface area (Å²) in [6, 6.07) is 19.7. The van der Waals surface area contributed by atoms with Crippen molar-refractivity contribution in [3.05, 3.63) is 89.8 Å². The maximum atomic E-state index is 12.1. The van der Waals surface area contributed by atoms with Crippen molar-refractivity contribution in [2.75, 3.05) is 13.2 Å². The van der Waals surface area contributed by atoms with Gasteiger partial charge in [-0.25, -0.2) is 4.79 Å². The molecule has 4 rings (SSSR count). The molecule has 1 aromatic heterocycles. The van der Waals surface area contributed by atoms with E-state index in [4.69, 9.17) is 4.74 Å². The fraction of sp³-hybridized carbons (Fsp3) is 0.130. The Balaban J connectivity index is 1.33. The Labute approximate surface area is 163 Å². The minimum Gasteiger partial charge on any atom is -0.506 e. The third kappa shape index (κ3) is 3.74. The molecule has 0 aliphatic heterocycles.